The lowest BCUT2D eigenvalue weighted by molar-refractivity contribution is -0.385. The lowest BCUT2D eigenvalue weighted by Crippen LogP contribution is -2.35. The Kier molecular flexibility index (Phi) is 6.28. The number of esters is 2. The minimum Gasteiger partial charge on any atom is -0.468 e. The molecule has 1 rings (SSSR count). The van der Waals surface area contributed by atoms with Crippen LogP contribution in [0.3, 0.4) is 0 Å². The summed E-state index contributed by atoms with van der Waals surface area (Å²) in [5.74, 6) is -1.09. The first-order valence-corrected chi connectivity index (χ1v) is 6.06. The second-order valence-corrected chi connectivity index (χ2v) is 4.18. The Hall–Kier alpha value is -2.48. The van der Waals surface area contributed by atoms with E-state index in [9.17, 15) is 19.7 Å². The van der Waals surface area contributed by atoms with Crippen molar-refractivity contribution in [2.24, 2.45) is 0 Å². The lowest BCUT2D eigenvalue weighted by Gasteiger charge is -2.19. The molecule has 8 nitrogen and oxygen atoms in total. The molecule has 1 aromatic rings. The maximum atomic E-state index is 11.4. The molecular formula is C13H16N2O6. The molecule has 0 aromatic heterocycles. The molecule has 8 heteroatoms. The number of methoxy groups -OCH3 is 2. The van der Waals surface area contributed by atoms with Crippen LogP contribution in [0.4, 0.5) is 5.69 Å². The van der Waals surface area contributed by atoms with E-state index in [4.69, 9.17) is 0 Å². The van der Waals surface area contributed by atoms with Crippen LogP contribution in [0.5, 0.6) is 0 Å². The zero-order valence-corrected chi connectivity index (χ0v) is 11.8. The Morgan fingerprint density at radius 3 is 2.14 bits per heavy atom. The van der Waals surface area contributed by atoms with Gasteiger partial charge in [0.15, 0.2) is 0 Å². The number of para-hydroxylation sites is 1. The normalized spacial score (nSPS) is 10.2. The van der Waals surface area contributed by atoms with Gasteiger partial charge in [0, 0.05) is 18.2 Å². The monoisotopic (exact) mass is 296 g/mol. The van der Waals surface area contributed by atoms with Gasteiger partial charge in [0.25, 0.3) is 5.69 Å². The standard InChI is InChI=1S/C13H16N2O6/c1-20-12(16)8-14(9-13(17)21-2)7-10-5-3-4-6-11(10)15(18)19/h3-6H,7-9H2,1-2H3. The largest absolute Gasteiger partial charge is 0.468 e. The van der Waals surface area contributed by atoms with E-state index in [1.807, 2.05) is 0 Å². The van der Waals surface area contributed by atoms with Crippen molar-refractivity contribution in [2.75, 3.05) is 27.3 Å². The molecule has 114 valence electrons. The van der Waals surface area contributed by atoms with Gasteiger partial charge in [-0.3, -0.25) is 24.6 Å². The predicted octanol–water partition coefficient (Wildman–Crippen LogP) is 0.743. The zero-order valence-electron chi connectivity index (χ0n) is 11.8. The van der Waals surface area contributed by atoms with Gasteiger partial charge in [-0.05, 0) is 0 Å². The number of hydrogen-bond donors (Lipinski definition) is 0. The first kappa shape index (κ1) is 16.6. The number of ether oxygens (including phenoxy) is 2. The van der Waals surface area contributed by atoms with Crippen LogP contribution >= 0.6 is 0 Å². The molecule has 0 saturated heterocycles. The van der Waals surface area contributed by atoms with E-state index in [0.717, 1.165) is 0 Å². The third-order valence-corrected chi connectivity index (χ3v) is 2.74. The van der Waals surface area contributed by atoms with Crippen LogP contribution in [0.15, 0.2) is 24.3 Å². The fourth-order valence-electron chi connectivity index (χ4n) is 1.73. The summed E-state index contributed by atoms with van der Waals surface area (Å²) in [4.78, 5) is 34.6. The highest BCUT2D eigenvalue weighted by Gasteiger charge is 2.20. The van der Waals surface area contributed by atoms with Crippen LogP contribution in [-0.4, -0.2) is 49.1 Å². The number of benzene rings is 1. The van der Waals surface area contributed by atoms with Crippen molar-refractivity contribution in [1.29, 1.82) is 0 Å². The molecule has 0 fully saturated rings. The van der Waals surface area contributed by atoms with Crippen molar-refractivity contribution in [3.8, 4) is 0 Å². The summed E-state index contributed by atoms with van der Waals surface area (Å²) in [6.07, 6.45) is 0. The third-order valence-electron chi connectivity index (χ3n) is 2.74. The summed E-state index contributed by atoms with van der Waals surface area (Å²) in [5, 5.41) is 11.0. The second kappa shape index (κ2) is 7.95. The SMILES string of the molecule is COC(=O)CN(CC(=O)OC)Cc1ccccc1[N+](=O)[O-]. The fourth-order valence-corrected chi connectivity index (χ4v) is 1.73. The molecule has 0 amide bonds. The molecule has 0 aliphatic rings. The second-order valence-electron chi connectivity index (χ2n) is 4.18. The Morgan fingerprint density at radius 1 is 1.14 bits per heavy atom. The van der Waals surface area contributed by atoms with E-state index in [1.165, 1.54) is 25.2 Å². The molecule has 0 saturated carbocycles. The van der Waals surface area contributed by atoms with Crippen molar-refractivity contribution < 1.29 is 24.0 Å². The van der Waals surface area contributed by atoms with Gasteiger partial charge in [-0.2, -0.15) is 0 Å². The lowest BCUT2D eigenvalue weighted by atomic mass is 10.1. The van der Waals surface area contributed by atoms with E-state index in [1.54, 1.807) is 18.2 Å². The third kappa shape index (κ3) is 5.19. The Morgan fingerprint density at radius 2 is 1.67 bits per heavy atom. The topological polar surface area (TPSA) is 99.0 Å². The van der Waals surface area contributed by atoms with Crippen LogP contribution in [0.2, 0.25) is 0 Å². The van der Waals surface area contributed by atoms with Gasteiger partial charge in [0.2, 0.25) is 0 Å². The van der Waals surface area contributed by atoms with E-state index >= 15 is 0 Å². The number of carbonyl (C=O) groups is 2. The first-order chi connectivity index (χ1) is 9.97. The number of rotatable bonds is 7. The van der Waals surface area contributed by atoms with Crippen LogP contribution in [0, 0.1) is 10.1 Å². The molecule has 21 heavy (non-hydrogen) atoms. The first-order valence-electron chi connectivity index (χ1n) is 6.06. The van der Waals surface area contributed by atoms with E-state index < -0.39 is 16.9 Å². The minimum atomic E-state index is -0.544. The Balaban J connectivity index is 2.92. The number of nitro groups is 1. The molecule has 0 spiro atoms. The number of nitrogens with zero attached hydrogens (tertiary/aromatic N) is 2. The molecule has 0 radical (unpaired) electrons. The summed E-state index contributed by atoms with van der Waals surface area (Å²) in [6, 6.07) is 6.13. The van der Waals surface area contributed by atoms with Gasteiger partial charge in [-0.1, -0.05) is 18.2 Å². The van der Waals surface area contributed by atoms with Crippen LogP contribution < -0.4 is 0 Å². The molecule has 1 aromatic carbocycles. The predicted molar refractivity (Wildman–Crippen MR) is 72.4 cm³/mol. The molecule has 0 aliphatic carbocycles. The van der Waals surface area contributed by atoms with Crippen LogP contribution in [0.1, 0.15) is 5.56 Å². The van der Waals surface area contributed by atoms with Gasteiger partial charge >= 0.3 is 11.9 Å². The molecule has 0 N–H and O–H groups in total. The van der Waals surface area contributed by atoms with Crippen LogP contribution in [-0.2, 0) is 25.6 Å². The van der Waals surface area contributed by atoms with Crippen molar-refractivity contribution in [1.82, 2.24) is 4.90 Å². The summed E-state index contributed by atoms with van der Waals surface area (Å²) in [5.41, 5.74) is 0.326. The highest BCUT2D eigenvalue weighted by molar-refractivity contribution is 5.74. The number of nitro benzene ring substituents is 1. The molecular weight excluding hydrogens is 280 g/mol. The summed E-state index contributed by atoms with van der Waals surface area (Å²) >= 11 is 0. The fraction of sp³-hybridized carbons (Fsp3) is 0.385. The van der Waals surface area contributed by atoms with Gasteiger partial charge in [-0.15, -0.1) is 0 Å². The highest BCUT2D eigenvalue weighted by atomic mass is 16.6. The average Bonchev–Trinajstić information content (AvgIpc) is 2.47. The van der Waals surface area contributed by atoms with Gasteiger partial charge < -0.3 is 9.47 Å². The molecule has 0 heterocycles. The van der Waals surface area contributed by atoms with Crippen molar-refractivity contribution >= 4 is 17.6 Å². The average molecular weight is 296 g/mol. The minimum absolute atomic E-state index is 0.0569. The zero-order chi connectivity index (χ0) is 15.8. The molecule has 0 bridgehead atoms. The molecule has 0 unspecified atom stereocenters. The van der Waals surface area contributed by atoms with Gasteiger partial charge in [0.05, 0.1) is 32.2 Å². The van der Waals surface area contributed by atoms with Crippen molar-refractivity contribution in [3.63, 3.8) is 0 Å². The van der Waals surface area contributed by atoms with Gasteiger partial charge in [-0.25, -0.2) is 0 Å². The summed E-state index contributed by atoms with van der Waals surface area (Å²) < 4.78 is 9.09. The Labute approximate surface area is 121 Å². The van der Waals surface area contributed by atoms with Gasteiger partial charge in [0.1, 0.15) is 0 Å². The maximum Gasteiger partial charge on any atom is 0.319 e. The van der Waals surface area contributed by atoms with E-state index in [-0.39, 0.29) is 25.3 Å². The van der Waals surface area contributed by atoms with Crippen molar-refractivity contribution in [3.05, 3.63) is 39.9 Å². The Bertz CT molecular complexity index is 513. The smallest absolute Gasteiger partial charge is 0.319 e. The van der Waals surface area contributed by atoms with Crippen LogP contribution in [0.25, 0.3) is 0 Å². The number of carbonyl (C=O) groups excluding carboxylic acids is 2. The number of hydrogen-bond acceptors (Lipinski definition) is 7. The van der Waals surface area contributed by atoms with Crippen molar-refractivity contribution in [2.45, 2.75) is 6.54 Å². The quantitative estimate of drug-likeness (QED) is 0.415. The van der Waals surface area contributed by atoms with E-state index in [2.05, 4.69) is 9.47 Å². The van der Waals surface area contributed by atoms with E-state index in [0.29, 0.717) is 5.56 Å². The summed E-state index contributed by atoms with van der Waals surface area (Å²) in [7, 11) is 2.45. The molecule has 0 aliphatic heterocycles. The molecule has 0 atom stereocenters. The highest BCUT2D eigenvalue weighted by Crippen LogP contribution is 2.19. The summed E-state index contributed by atoms with van der Waals surface area (Å²) in [6.45, 7) is -0.281. The maximum absolute atomic E-state index is 11.4.